The van der Waals surface area contributed by atoms with E-state index in [4.69, 9.17) is 23.2 Å². The van der Waals surface area contributed by atoms with Gasteiger partial charge < -0.3 is 10.2 Å². The van der Waals surface area contributed by atoms with E-state index in [0.717, 1.165) is 18.4 Å². The highest BCUT2D eigenvalue weighted by atomic mass is 35.5. The Kier molecular flexibility index (Phi) is 9.04. The number of carbonyl (C=O) groups excluding carboxylic acids is 2. The van der Waals surface area contributed by atoms with Crippen molar-refractivity contribution in [2.45, 2.75) is 25.9 Å². The molecule has 0 bridgehead atoms. The molecule has 0 aliphatic rings. The zero-order chi connectivity index (χ0) is 24.9. The predicted octanol–water partition coefficient (Wildman–Crippen LogP) is 3.59. The van der Waals surface area contributed by atoms with Crippen LogP contribution in [-0.2, 0) is 26.2 Å². The second-order valence-electron chi connectivity index (χ2n) is 7.18. The van der Waals surface area contributed by atoms with Gasteiger partial charge in [-0.3, -0.25) is 13.9 Å². The summed E-state index contributed by atoms with van der Waals surface area (Å²) in [5.41, 5.74) is 0.325. The van der Waals surface area contributed by atoms with Crippen molar-refractivity contribution in [1.82, 2.24) is 10.2 Å². The summed E-state index contributed by atoms with van der Waals surface area (Å²) in [6.45, 7) is 0.883. The molecule has 2 rings (SSSR count). The summed E-state index contributed by atoms with van der Waals surface area (Å²) in [5, 5.41) is 3.03. The molecule has 1 N–H and O–H groups in total. The first kappa shape index (κ1) is 26.8. The molecule has 0 spiro atoms. The van der Waals surface area contributed by atoms with E-state index >= 15 is 0 Å². The molecule has 0 radical (unpaired) electrons. The van der Waals surface area contributed by atoms with Crippen LogP contribution in [0.25, 0.3) is 0 Å². The normalized spacial score (nSPS) is 12.2. The van der Waals surface area contributed by atoms with Crippen LogP contribution in [0.5, 0.6) is 0 Å². The Hall–Kier alpha value is -2.43. The number of anilines is 1. The predicted molar refractivity (Wildman–Crippen MR) is 124 cm³/mol. The van der Waals surface area contributed by atoms with Crippen molar-refractivity contribution < 1.29 is 26.8 Å². The lowest BCUT2D eigenvalue weighted by Gasteiger charge is -2.32. The summed E-state index contributed by atoms with van der Waals surface area (Å²) < 4.78 is 52.5. The number of likely N-dealkylation sites (N-methyl/N-ethyl adjacent to an activating group) is 1. The summed E-state index contributed by atoms with van der Waals surface area (Å²) in [6.07, 6.45) is 1.07. The lowest BCUT2D eigenvalue weighted by Crippen LogP contribution is -2.51. The van der Waals surface area contributed by atoms with E-state index in [1.54, 1.807) is 13.0 Å². The van der Waals surface area contributed by atoms with Crippen molar-refractivity contribution in [3.05, 3.63) is 63.6 Å². The van der Waals surface area contributed by atoms with Crippen LogP contribution in [0.15, 0.2) is 36.4 Å². The molecular formula is C21H23Cl2F2N3O4S. The van der Waals surface area contributed by atoms with Gasteiger partial charge in [-0.1, -0.05) is 36.2 Å². The number of hydrogen-bond donors (Lipinski definition) is 1. The topological polar surface area (TPSA) is 86.8 Å². The highest BCUT2D eigenvalue weighted by Gasteiger charge is 2.31. The van der Waals surface area contributed by atoms with E-state index in [0.29, 0.717) is 21.0 Å². The molecule has 1 atom stereocenters. The van der Waals surface area contributed by atoms with Gasteiger partial charge in [-0.25, -0.2) is 17.2 Å². The van der Waals surface area contributed by atoms with Crippen LogP contribution in [0, 0.1) is 11.6 Å². The van der Waals surface area contributed by atoms with Crippen molar-refractivity contribution in [1.29, 1.82) is 0 Å². The Labute approximate surface area is 201 Å². The maximum atomic E-state index is 13.7. The molecule has 0 heterocycles. The van der Waals surface area contributed by atoms with Crippen LogP contribution in [0.4, 0.5) is 14.5 Å². The molecule has 180 valence electrons. The number of halogens is 4. The minimum Gasteiger partial charge on any atom is -0.357 e. The third-order valence-electron chi connectivity index (χ3n) is 4.84. The fraction of sp³-hybridized carbons (Fsp3) is 0.333. The first-order valence-electron chi connectivity index (χ1n) is 9.76. The molecular weight excluding hydrogens is 499 g/mol. The van der Waals surface area contributed by atoms with Crippen LogP contribution in [0.3, 0.4) is 0 Å². The molecule has 12 heteroatoms. The Morgan fingerprint density at radius 2 is 1.73 bits per heavy atom. The van der Waals surface area contributed by atoms with Gasteiger partial charge in [0.05, 0.1) is 22.0 Å². The Balaban J connectivity index is 2.46. The molecule has 33 heavy (non-hydrogen) atoms. The Morgan fingerprint density at radius 1 is 1.06 bits per heavy atom. The van der Waals surface area contributed by atoms with E-state index in [1.165, 1.54) is 24.1 Å². The first-order valence-corrected chi connectivity index (χ1v) is 12.4. The molecule has 2 aromatic carbocycles. The first-order chi connectivity index (χ1) is 15.4. The van der Waals surface area contributed by atoms with E-state index in [9.17, 15) is 26.8 Å². The number of hydrogen-bond acceptors (Lipinski definition) is 4. The van der Waals surface area contributed by atoms with Crippen LogP contribution < -0.4 is 9.62 Å². The standard InChI is InChI=1S/C21H23Cl2F2N3O4S/c1-4-19(21(30)26-2)27(11-13-5-7-15(22)16(23)9-13)20(29)12-28(33(3,31)32)14-6-8-17(24)18(25)10-14/h5-10,19H,4,11-12H2,1-3H3,(H,26,30)/t19-/m1/s1. The SMILES string of the molecule is CC[C@H](C(=O)NC)N(Cc1ccc(Cl)c(Cl)c1)C(=O)CN(c1ccc(F)c(F)c1)S(C)(=O)=O. The Morgan fingerprint density at radius 3 is 2.24 bits per heavy atom. The zero-order valence-electron chi connectivity index (χ0n) is 18.1. The minimum absolute atomic E-state index is 0.0724. The molecule has 0 fully saturated rings. The molecule has 0 aliphatic heterocycles. The Bertz CT molecular complexity index is 1150. The number of sulfonamides is 1. The summed E-state index contributed by atoms with van der Waals surface area (Å²) in [7, 11) is -2.65. The van der Waals surface area contributed by atoms with Crippen molar-refractivity contribution >= 4 is 50.7 Å². The number of amides is 2. The highest BCUT2D eigenvalue weighted by Crippen LogP contribution is 2.25. The minimum atomic E-state index is -4.06. The third-order valence-corrected chi connectivity index (χ3v) is 6.72. The maximum absolute atomic E-state index is 13.7. The van der Waals surface area contributed by atoms with Crippen LogP contribution >= 0.6 is 23.2 Å². The van der Waals surface area contributed by atoms with E-state index in [-0.39, 0.29) is 23.7 Å². The van der Waals surface area contributed by atoms with Gasteiger partial charge in [-0.05, 0) is 36.2 Å². The average Bonchev–Trinajstić information content (AvgIpc) is 2.75. The average molecular weight is 522 g/mol. The second kappa shape index (κ2) is 11.1. The van der Waals surface area contributed by atoms with Crippen LogP contribution in [0.2, 0.25) is 10.0 Å². The third kappa shape index (κ3) is 6.78. The number of nitrogens with one attached hydrogen (secondary N) is 1. The van der Waals surface area contributed by atoms with Gasteiger partial charge in [0.2, 0.25) is 21.8 Å². The van der Waals surface area contributed by atoms with Gasteiger partial charge >= 0.3 is 0 Å². The van der Waals surface area contributed by atoms with Gasteiger partial charge in [0.15, 0.2) is 11.6 Å². The summed E-state index contributed by atoms with van der Waals surface area (Å²) in [5.74, 6) is -3.61. The molecule has 2 aromatic rings. The van der Waals surface area contributed by atoms with Crippen molar-refractivity contribution in [3.63, 3.8) is 0 Å². The van der Waals surface area contributed by atoms with Gasteiger partial charge in [0.1, 0.15) is 12.6 Å². The summed E-state index contributed by atoms with van der Waals surface area (Å²) in [4.78, 5) is 27.0. The van der Waals surface area contributed by atoms with E-state index in [2.05, 4.69) is 5.32 Å². The summed E-state index contributed by atoms with van der Waals surface area (Å²) in [6, 6.07) is 6.25. The van der Waals surface area contributed by atoms with E-state index < -0.39 is 46.1 Å². The smallest absolute Gasteiger partial charge is 0.244 e. The lowest BCUT2D eigenvalue weighted by atomic mass is 10.1. The highest BCUT2D eigenvalue weighted by molar-refractivity contribution is 7.92. The van der Waals surface area contributed by atoms with Gasteiger partial charge in [-0.15, -0.1) is 0 Å². The van der Waals surface area contributed by atoms with Gasteiger partial charge in [0.25, 0.3) is 0 Å². The zero-order valence-corrected chi connectivity index (χ0v) is 20.4. The van der Waals surface area contributed by atoms with Crippen LogP contribution in [0.1, 0.15) is 18.9 Å². The lowest BCUT2D eigenvalue weighted by molar-refractivity contribution is -0.140. The van der Waals surface area contributed by atoms with Crippen molar-refractivity contribution in [2.75, 3.05) is 24.2 Å². The molecule has 0 aliphatic carbocycles. The molecule has 0 aromatic heterocycles. The monoisotopic (exact) mass is 521 g/mol. The fourth-order valence-electron chi connectivity index (χ4n) is 3.17. The number of rotatable bonds is 9. The molecule has 7 nitrogen and oxygen atoms in total. The van der Waals surface area contributed by atoms with Crippen LogP contribution in [-0.4, -0.2) is 51.0 Å². The maximum Gasteiger partial charge on any atom is 0.244 e. The molecule has 2 amide bonds. The molecule has 0 saturated heterocycles. The largest absolute Gasteiger partial charge is 0.357 e. The van der Waals surface area contributed by atoms with Gasteiger partial charge in [0, 0.05) is 19.7 Å². The molecule has 0 unspecified atom stereocenters. The van der Waals surface area contributed by atoms with Crippen molar-refractivity contribution in [3.8, 4) is 0 Å². The number of benzene rings is 2. The fourth-order valence-corrected chi connectivity index (χ4v) is 4.34. The second-order valence-corrected chi connectivity index (χ2v) is 9.90. The van der Waals surface area contributed by atoms with E-state index in [1.807, 2.05) is 0 Å². The molecule has 0 saturated carbocycles. The quantitative estimate of drug-likeness (QED) is 0.546. The number of nitrogens with zero attached hydrogens (tertiary/aromatic N) is 2. The summed E-state index contributed by atoms with van der Waals surface area (Å²) >= 11 is 12.0. The van der Waals surface area contributed by atoms with Crippen molar-refractivity contribution in [2.24, 2.45) is 0 Å². The van der Waals surface area contributed by atoms with Gasteiger partial charge in [-0.2, -0.15) is 0 Å². The number of carbonyl (C=O) groups is 2.